The van der Waals surface area contributed by atoms with E-state index in [4.69, 9.17) is 38.8 Å². The number of nitrogen functional groups attached to an aromatic ring is 1. The molecule has 4 heterocycles. The molecule has 4 aromatic carbocycles. The van der Waals surface area contributed by atoms with Gasteiger partial charge in [0.1, 0.15) is 33.7 Å². The van der Waals surface area contributed by atoms with Gasteiger partial charge in [0.2, 0.25) is 14.2 Å². The lowest BCUT2D eigenvalue weighted by Crippen LogP contribution is -2.18. The molecule has 8 rings (SSSR count). The van der Waals surface area contributed by atoms with Gasteiger partial charge in [0, 0.05) is 22.6 Å². The van der Waals surface area contributed by atoms with Crippen molar-refractivity contribution in [2.24, 2.45) is 0 Å². The Morgan fingerprint density at radius 1 is 0.781 bits per heavy atom. The zero-order chi connectivity index (χ0) is 46.3. The maximum atomic E-state index is 13.7. The van der Waals surface area contributed by atoms with Crippen molar-refractivity contribution < 1.29 is 31.4 Å². The average molecular weight is 978 g/mol. The number of aliphatic carboxylic acids is 1. The first kappa shape index (κ1) is 50.5. The summed E-state index contributed by atoms with van der Waals surface area (Å²) in [4.78, 5) is 51.1. The van der Waals surface area contributed by atoms with Gasteiger partial charge in [-0.1, -0.05) is 84.5 Å². The SMILES string of the molecule is C.CC(=O)O.CCS(=O)(=O)c1nc2ncn(-c3ccc(C)cc3Cl)c(=O)c2s1.Cc1ccc(-n2cnc3nc(Nc4ccc(C)c(F)c4)sc3c2=O)c(Cl)c1.Cc1ccc(N)cc1F.[HH].[HH].[HH]. The van der Waals surface area contributed by atoms with Gasteiger partial charge in [-0.3, -0.25) is 23.5 Å². The van der Waals surface area contributed by atoms with E-state index in [1.807, 2.05) is 26.0 Å². The molecule has 0 fully saturated rings. The number of nitrogens with zero attached hydrogens (tertiary/aromatic N) is 6. The number of aryl methyl sites for hydroxylation is 4. The number of fused-ring (bicyclic) bond motifs is 2. The fourth-order valence-electron chi connectivity index (χ4n) is 5.28. The highest BCUT2D eigenvalue weighted by Gasteiger charge is 2.21. The molecule has 342 valence electrons. The maximum Gasteiger partial charge on any atom is 0.300 e. The summed E-state index contributed by atoms with van der Waals surface area (Å²) >= 11 is 14.5. The normalized spacial score (nSPS) is 10.7. The van der Waals surface area contributed by atoms with E-state index in [0.717, 1.165) is 40.7 Å². The summed E-state index contributed by atoms with van der Waals surface area (Å²) < 4.78 is 53.2. The quantitative estimate of drug-likeness (QED) is 0.133. The number of sulfone groups is 1. The Morgan fingerprint density at radius 3 is 1.70 bits per heavy atom. The average Bonchev–Trinajstić information content (AvgIpc) is 3.85. The smallest absolute Gasteiger partial charge is 0.300 e. The summed E-state index contributed by atoms with van der Waals surface area (Å²) in [5, 5.41) is 11.8. The van der Waals surface area contributed by atoms with Crippen molar-refractivity contribution in [3.63, 3.8) is 0 Å². The van der Waals surface area contributed by atoms with Crippen molar-refractivity contribution >= 4 is 98.9 Å². The highest BCUT2D eigenvalue weighted by molar-refractivity contribution is 7.93. The zero-order valence-corrected chi connectivity index (χ0v) is 38.2. The number of hydrogen-bond acceptors (Lipinski definition) is 13. The van der Waals surface area contributed by atoms with Gasteiger partial charge >= 0.3 is 0 Å². The molecule has 0 atom stereocenters. The maximum absolute atomic E-state index is 13.7. The van der Waals surface area contributed by atoms with Crippen molar-refractivity contribution in [3.05, 3.63) is 150 Å². The van der Waals surface area contributed by atoms with Crippen molar-refractivity contribution in [1.82, 2.24) is 29.1 Å². The second kappa shape index (κ2) is 21.5. The zero-order valence-electron chi connectivity index (χ0n) is 34.3. The minimum atomic E-state index is -3.47. The van der Waals surface area contributed by atoms with Crippen molar-refractivity contribution in [3.8, 4) is 11.4 Å². The summed E-state index contributed by atoms with van der Waals surface area (Å²) in [7, 11) is -3.47. The molecule has 0 spiro atoms. The van der Waals surface area contributed by atoms with Gasteiger partial charge in [0.15, 0.2) is 16.4 Å². The monoisotopic (exact) mass is 976 g/mol. The van der Waals surface area contributed by atoms with Crippen molar-refractivity contribution in [2.45, 2.75) is 53.3 Å². The largest absolute Gasteiger partial charge is 0.481 e. The molecule has 0 aliphatic rings. The number of anilines is 3. The predicted molar refractivity (Wildman–Crippen MR) is 260 cm³/mol. The third-order valence-electron chi connectivity index (χ3n) is 8.61. The van der Waals surface area contributed by atoms with Crippen LogP contribution >= 0.6 is 45.9 Å². The van der Waals surface area contributed by atoms with Crippen LogP contribution in [0.25, 0.3) is 32.1 Å². The van der Waals surface area contributed by atoms with Crippen LogP contribution in [0.4, 0.5) is 25.3 Å². The first-order chi connectivity index (χ1) is 29.7. The molecule has 0 aliphatic heterocycles. The van der Waals surface area contributed by atoms with Crippen LogP contribution in [0.15, 0.2) is 99.4 Å². The van der Waals surface area contributed by atoms with E-state index >= 15 is 0 Å². The van der Waals surface area contributed by atoms with Gasteiger partial charge in [0.05, 0.1) is 27.2 Å². The van der Waals surface area contributed by atoms with Gasteiger partial charge < -0.3 is 16.2 Å². The lowest BCUT2D eigenvalue weighted by molar-refractivity contribution is -0.134. The third kappa shape index (κ3) is 12.3. The first-order valence-electron chi connectivity index (χ1n) is 18.5. The van der Waals surface area contributed by atoms with Crippen molar-refractivity contribution in [2.75, 3.05) is 16.8 Å². The van der Waals surface area contributed by atoms with E-state index in [1.165, 1.54) is 40.8 Å². The molecular weight excluding hydrogens is 930 g/mol. The van der Waals surface area contributed by atoms with Crippen LogP contribution < -0.4 is 22.2 Å². The Hall–Kier alpha value is -6.12. The number of carboxylic acids is 1. The van der Waals surface area contributed by atoms with Gasteiger partial charge in [-0.15, -0.1) is 0 Å². The van der Waals surface area contributed by atoms with E-state index in [2.05, 4.69) is 25.3 Å². The number of nitrogens with two attached hydrogens (primary N) is 1. The molecule has 64 heavy (non-hydrogen) atoms. The lowest BCUT2D eigenvalue weighted by Gasteiger charge is -2.07. The number of aromatic nitrogens is 6. The fourth-order valence-corrected chi connectivity index (χ4v) is 9.07. The van der Waals surface area contributed by atoms with Gasteiger partial charge in [-0.25, -0.2) is 32.2 Å². The van der Waals surface area contributed by atoms with E-state index in [9.17, 15) is 26.8 Å². The van der Waals surface area contributed by atoms with Crippen LogP contribution in [0.1, 0.15) is 47.8 Å². The Labute approximate surface area is 389 Å². The molecule has 4 aromatic heterocycles. The Morgan fingerprint density at radius 2 is 1.25 bits per heavy atom. The summed E-state index contributed by atoms with van der Waals surface area (Å²) in [6.07, 6.45) is 2.72. The minimum Gasteiger partial charge on any atom is -0.481 e. The Bertz CT molecular complexity index is 3240. The topological polar surface area (TPSA) is 205 Å². The van der Waals surface area contributed by atoms with Gasteiger partial charge in [-0.05, 0) is 98.5 Å². The fraction of sp³-hybridized carbons (Fsp3) is 0.186. The molecule has 0 unspecified atom stereocenters. The number of hydrogen-bond donors (Lipinski definition) is 3. The highest BCUT2D eigenvalue weighted by atomic mass is 35.5. The number of carbonyl (C=O) groups is 1. The molecule has 14 nitrogen and oxygen atoms in total. The second-order valence-electron chi connectivity index (χ2n) is 13.6. The van der Waals surface area contributed by atoms with E-state index < -0.39 is 21.4 Å². The second-order valence-corrected chi connectivity index (χ2v) is 18.8. The van der Waals surface area contributed by atoms with Gasteiger partial charge in [-0.2, -0.15) is 4.98 Å². The molecule has 0 radical (unpaired) electrons. The molecule has 0 saturated heterocycles. The number of carboxylic acid groups (broad SMARTS) is 1. The molecule has 0 saturated carbocycles. The van der Waals surface area contributed by atoms with Crippen LogP contribution in [0.3, 0.4) is 0 Å². The van der Waals surface area contributed by atoms with Crippen LogP contribution in [0.5, 0.6) is 0 Å². The lowest BCUT2D eigenvalue weighted by atomic mass is 10.2. The number of nitrogens with one attached hydrogen (secondary N) is 1. The van der Waals surface area contributed by atoms with E-state index in [1.54, 1.807) is 62.4 Å². The predicted octanol–water partition coefficient (Wildman–Crippen LogP) is 10.8. The molecule has 21 heteroatoms. The number of benzene rings is 4. The summed E-state index contributed by atoms with van der Waals surface area (Å²) in [5.41, 5.74) is 10.3. The number of thiazole rings is 2. The Balaban J connectivity index is 0.000000510. The third-order valence-corrected chi connectivity index (χ3v) is 13.4. The number of rotatable bonds is 6. The van der Waals surface area contributed by atoms with Crippen molar-refractivity contribution in [1.29, 1.82) is 0 Å². The minimum absolute atomic E-state index is 0. The van der Waals surface area contributed by atoms with Crippen LogP contribution in [0, 0.1) is 39.3 Å². The molecule has 0 amide bonds. The summed E-state index contributed by atoms with van der Waals surface area (Å²) in [6.45, 7) is 9.83. The molecular formula is C43H48Cl2F2N8O6S3. The molecule has 0 aliphatic carbocycles. The molecule has 4 N–H and O–H groups in total. The first-order valence-corrected chi connectivity index (χ1v) is 22.5. The van der Waals surface area contributed by atoms with Crippen LogP contribution in [-0.2, 0) is 14.6 Å². The Kier molecular flexibility index (Phi) is 17.0. The molecule has 8 aromatic rings. The standard InChI is InChI=1S/C19H14ClFN4OS.C14H12ClN3O3S2.C7H8FN.C2H4O2.CH4.3H2/c1-10-3-6-15(13(20)7-10)25-9-22-17-16(18(25)26)27-19(24-17)23-12-5-4-11(2)14(21)8-12;1-3-23(20,21)14-17-12-11(22-14)13(19)18(7-16-12)10-5-4-8(2)6-9(10)15;1-5-2-3-6(9)4-7(5)8;1-2(3)4;;;;/h3-9H,1-2H3,(H,23,24);4-7H,3H2,1-2H3;2-4H,9H2,1H3;1H3,(H,3,4);1H4;3*1H. The van der Waals surface area contributed by atoms with Crippen LogP contribution in [0.2, 0.25) is 10.0 Å². The van der Waals surface area contributed by atoms with E-state index in [0.29, 0.717) is 59.4 Å². The highest BCUT2D eigenvalue weighted by Crippen LogP contribution is 2.28. The summed E-state index contributed by atoms with van der Waals surface area (Å²) in [6, 6.07) is 20.2. The van der Waals surface area contributed by atoms with Gasteiger partial charge in [0.25, 0.3) is 17.1 Å². The summed E-state index contributed by atoms with van der Waals surface area (Å²) in [5.74, 6) is -1.46. The number of halogens is 4. The van der Waals surface area contributed by atoms with Crippen LogP contribution in [-0.4, -0.2) is 54.3 Å². The molecule has 0 bridgehead atoms. The van der Waals surface area contributed by atoms with E-state index in [-0.39, 0.29) is 49.3 Å².